The molecule has 4 heteroatoms. The molecule has 1 saturated heterocycles. The van der Waals surface area contributed by atoms with Gasteiger partial charge in [-0.15, -0.1) is 0 Å². The fourth-order valence-corrected chi connectivity index (χ4v) is 2.99. The molecule has 122 valence electrons. The summed E-state index contributed by atoms with van der Waals surface area (Å²) in [5, 5.41) is 13.1. The van der Waals surface area contributed by atoms with Crippen molar-refractivity contribution in [1.29, 1.82) is 0 Å². The Labute approximate surface area is 138 Å². The first kappa shape index (κ1) is 16.0. The molecule has 0 saturated carbocycles. The van der Waals surface area contributed by atoms with Crippen LogP contribution in [0.15, 0.2) is 48.8 Å². The van der Waals surface area contributed by atoms with Gasteiger partial charge < -0.3 is 15.3 Å². The predicted octanol–water partition coefficient (Wildman–Crippen LogP) is 2.89. The summed E-state index contributed by atoms with van der Waals surface area (Å²) in [6, 6.07) is 13.1. The molecule has 0 aliphatic carbocycles. The molecule has 4 nitrogen and oxygen atoms in total. The summed E-state index contributed by atoms with van der Waals surface area (Å²) in [4.78, 5) is 6.49. The van der Waals surface area contributed by atoms with Gasteiger partial charge in [0.1, 0.15) is 0 Å². The smallest absolute Gasteiger partial charge is 0.0574 e. The monoisotopic (exact) mass is 311 g/mol. The summed E-state index contributed by atoms with van der Waals surface area (Å²) < 4.78 is 0. The molecule has 1 atom stereocenters. The Hall–Kier alpha value is -1.91. The molecule has 1 aliphatic heterocycles. The lowest BCUT2D eigenvalue weighted by Gasteiger charge is -2.31. The highest BCUT2D eigenvalue weighted by Crippen LogP contribution is 2.22. The molecule has 1 aromatic heterocycles. The fourth-order valence-electron chi connectivity index (χ4n) is 2.99. The van der Waals surface area contributed by atoms with Gasteiger partial charge >= 0.3 is 0 Å². The normalized spacial score (nSPS) is 17.2. The van der Waals surface area contributed by atoms with Crippen molar-refractivity contribution in [1.82, 2.24) is 10.3 Å². The van der Waals surface area contributed by atoms with Crippen LogP contribution in [0.5, 0.6) is 0 Å². The van der Waals surface area contributed by atoms with E-state index in [-0.39, 0.29) is 6.10 Å². The molecule has 1 aromatic carbocycles. The molecular formula is C19H25N3O. The summed E-state index contributed by atoms with van der Waals surface area (Å²) in [6.45, 7) is 4.88. The number of rotatable bonds is 5. The first-order valence-corrected chi connectivity index (χ1v) is 8.37. The summed E-state index contributed by atoms with van der Waals surface area (Å²) in [6.07, 6.45) is 5.30. The Balaban J connectivity index is 1.56. The maximum Gasteiger partial charge on any atom is 0.0574 e. The zero-order valence-electron chi connectivity index (χ0n) is 13.7. The molecule has 0 spiro atoms. The Bertz CT molecular complexity index is 592. The number of anilines is 1. The van der Waals surface area contributed by atoms with E-state index in [0.717, 1.165) is 32.5 Å². The molecule has 2 heterocycles. The van der Waals surface area contributed by atoms with Crippen molar-refractivity contribution in [2.45, 2.75) is 38.5 Å². The average molecular weight is 311 g/mol. The van der Waals surface area contributed by atoms with Gasteiger partial charge in [-0.2, -0.15) is 0 Å². The number of hydrogen-bond donors (Lipinski definition) is 2. The number of pyridine rings is 1. The SMILES string of the molecule is CC(NCc1cccnc1)c1ccc(N2CCC(O)CC2)cc1. The summed E-state index contributed by atoms with van der Waals surface area (Å²) in [5.41, 5.74) is 3.73. The average Bonchev–Trinajstić information content (AvgIpc) is 2.61. The number of benzene rings is 1. The number of nitrogens with one attached hydrogen (secondary N) is 1. The highest BCUT2D eigenvalue weighted by molar-refractivity contribution is 5.48. The summed E-state index contributed by atoms with van der Waals surface area (Å²) >= 11 is 0. The first-order chi connectivity index (χ1) is 11.2. The van der Waals surface area contributed by atoms with Crippen LogP contribution in [0.1, 0.15) is 36.9 Å². The van der Waals surface area contributed by atoms with Crippen molar-refractivity contribution in [3.8, 4) is 0 Å². The van der Waals surface area contributed by atoms with Crippen LogP contribution < -0.4 is 10.2 Å². The van der Waals surface area contributed by atoms with E-state index < -0.39 is 0 Å². The second-order valence-corrected chi connectivity index (χ2v) is 6.27. The number of aliphatic hydroxyl groups excluding tert-OH is 1. The quantitative estimate of drug-likeness (QED) is 0.891. The fraction of sp³-hybridized carbons (Fsp3) is 0.421. The van der Waals surface area contributed by atoms with E-state index in [1.54, 1.807) is 6.20 Å². The molecule has 1 unspecified atom stereocenters. The first-order valence-electron chi connectivity index (χ1n) is 8.37. The number of piperidine rings is 1. The number of hydrogen-bond acceptors (Lipinski definition) is 4. The van der Waals surface area contributed by atoms with Crippen LogP contribution in [-0.2, 0) is 6.54 Å². The number of aliphatic hydroxyl groups is 1. The van der Waals surface area contributed by atoms with Gasteiger partial charge in [0.25, 0.3) is 0 Å². The molecule has 0 bridgehead atoms. The van der Waals surface area contributed by atoms with Gasteiger partial charge in [0, 0.05) is 43.8 Å². The maximum atomic E-state index is 9.60. The van der Waals surface area contributed by atoms with Crippen molar-refractivity contribution in [2.24, 2.45) is 0 Å². The zero-order chi connectivity index (χ0) is 16.1. The minimum absolute atomic E-state index is 0.123. The van der Waals surface area contributed by atoms with Gasteiger partial charge in [-0.1, -0.05) is 18.2 Å². The van der Waals surface area contributed by atoms with E-state index in [9.17, 15) is 5.11 Å². The van der Waals surface area contributed by atoms with Crippen LogP contribution in [0.3, 0.4) is 0 Å². The molecule has 3 rings (SSSR count). The van der Waals surface area contributed by atoms with E-state index in [2.05, 4.69) is 52.5 Å². The number of aromatic nitrogens is 1. The van der Waals surface area contributed by atoms with Crippen molar-refractivity contribution in [2.75, 3.05) is 18.0 Å². The van der Waals surface area contributed by atoms with Gasteiger partial charge in [-0.05, 0) is 49.1 Å². The van der Waals surface area contributed by atoms with Crippen LogP contribution in [0.25, 0.3) is 0 Å². The van der Waals surface area contributed by atoms with Gasteiger partial charge in [-0.25, -0.2) is 0 Å². The third-order valence-electron chi connectivity index (χ3n) is 4.56. The minimum atomic E-state index is -0.123. The van der Waals surface area contributed by atoms with E-state index in [1.165, 1.54) is 16.8 Å². The second kappa shape index (κ2) is 7.57. The van der Waals surface area contributed by atoms with Crippen LogP contribution in [0.4, 0.5) is 5.69 Å². The molecular weight excluding hydrogens is 286 g/mol. The lowest BCUT2D eigenvalue weighted by Crippen LogP contribution is -2.35. The van der Waals surface area contributed by atoms with Gasteiger partial charge in [0.2, 0.25) is 0 Å². The van der Waals surface area contributed by atoms with Gasteiger partial charge in [-0.3, -0.25) is 4.98 Å². The third-order valence-corrected chi connectivity index (χ3v) is 4.56. The lowest BCUT2D eigenvalue weighted by molar-refractivity contribution is 0.145. The zero-order valence-corrected chi connectivity index (χ0v) is 13.7. The van der Waals surface area contributed by atoms with Gasteiger partial charge in [0.05, 0.1) is 6.10 Å². The van der Waals surface area contributed by atoms with Crippen LogP contribution in [0.2, 0.25) is 0 Å². The van der Waals surface area contributed by atoms with E-state index in [0.29, 0.717) is 6.04 Å². The Morgan fingerprint density at radius 1 is 1.22 bits per heavy atom. The van der Waals surface area contributed by atoms with Gasteiger partial charge in [0.15, 0.2) is 0 Å². The molecule has 1 fully saturated rings. The largest absolute Gasteiger partial charge is 0.393 e. The minimum Gasteiger partial charge on any atom is -0.393 e. The highest BCUT2D eigenvalue weighted by atomic mass is 16.3. The Kier molecular flexibility index (Phi) is 5.26. The molecule has 1 aliphatic rings. The van der Waals surface area contributed by atoms with Crippen LogP contribution in [-0.4, -0.2) is 29.3 Å². The standard InChI is InChI=1S/C19H25N3O/c1-15(21-14-16-3-2-10-20-13-16)17-4-6-18(7-5-17)22-11-8-19(23)9-12-22/h2-7,10,13,15,19,21,23H,8-9,11-12,14H2,1H3. The second-order valence-electron chi connectivity index (χ2n) is 6.27. The molecule has 2 aromatic rings. The number of nitrogens with zero attached hydrogens (tertiary/aromatic N) is 2. The lowest BCUT2D eigenvalue weighted by atomic mass is 10.0. The van der Waals surface area contributed by atoms with E-state index in [4.69, 9.17) is 0 Å². The maximum absolute atomic E-state index is 9.60. The van der Waals surface area contributed by atoms with E-state index >= 15 is 0 Å². The van der Waals surface area contributed by atoms with Crippen molar-refractivity contribution >= 4 is 5.69 Å². The molecule has 0 amide bonds. The highest BCUT2D eigenvalue weighted by Gasteiger charge is 2.17. The summed E-state index contributed by atoms with van der Waals surface area (Å²) in [7, 11) is 0. The van der Waals surface area contributed by atoms with Crippen molar-refractivity contribution < 1.29 is 5.11 Å². The molecule has 2 N–H and O–H groups in total. The van der Waals surface area contributed by atoms with Crippen LogP contribution >= 0.6 is 0 Å². The summed E-state index contributed by atoms with van der Waals surface area (Å²) in [5.74, 6) is 0. The Morgan fingerprint density at radius 3 is 2.61 bits per heavy atom. The van der Waals surface area contributed by atoms with Crippen molar-refractivity contribution in [3.05, 3.63) is 59.9 Å². The van der Waals surface area contributed by atoms with Crippen molar-refractivity contribution in [3.63, 3.8) is 0 Å². The van der Waals surface area contributed by atoms with Crippen LogP contribution in [0, 0.1) is 0 Å². The van der Waals surface area contributed by atoms with E-state index in [1.807, 2.05) is 12.3 Å². The topological polar surface area (TPSA) is 48.4 Å². The Morgan fingerprint density at radius 2 is 1.96 bits per heavy atom. The third kappa shape index (κ3) is 4.30. The molecule has 23 heavy (non-hydrogen) atoms. The molecule has 0 radical (unpaired) electrons. The predicted molar refractivity (Wildman–Crippen MR) is 93.4 cm³/mol.